The molecule has 1 fully saturated rings. The highest BCUT2D eigenvalue weighted by Gasteiger charge is 2.44. The van der Waals surface area contributed by atoms with E-state index in [9.17, 15) is 21.6 Å². The first-order valence-electron chi connectivity index (χ1n) is 7.04. The fourth-order valence-corrected chi connectivity index (χ4v) is 3.73. The molecule has 0 amide bonds. The number of hydrogen-bond donors (Lipinski definition) is 1. The molecule has 1 saturated carbocycles. The maximum atomic E-state index is 13.7. The zero-order chi connectivity index (χ0) is 16.7. The third-order valence-corrected chi connectivity index (χ3v) is 5.55. The van der Waals surface area contributed by atoms with Crippen molar-refractivity contribution < 1.29 is 21.6 Å². The van der Waals surface area contributed by atoms with Crippen molar-refractivity contribution in [2.45, 2.75) is 23.2 Å². The first-order valence-corrected chi connectivity index (χ1v) is 8.53. The fourth-order valence-electron chi connectivity index (χ4n) is 2.54. The van der Waals surface area contributed by atoms with Gasteiger partial charge in [-0.2, -0.15) is 0 Å². The van der Waals surface area contributed by atoms with Crippen LogP contribution in [0.4, 0.5) is 13.2 Å². The summed E-state index contributed by atoms with van der Waals surface area (Å²) < 4.78 is 66.5. The maximum absolute atomic E-state index is 13.7. The minimum Gasteiger partial charge on any atom is -0.210 e. The topological polar surface area (TPSA) is 46.2 Å². The number of nitrogens with one attached hydrogen (secondary N) is 1. The second kappa shape index (κ2) is 5.65. The summed E-state index contributed by atoms with van der Waals surface area (Å²) in [6.45, 7) is 0.0811. The Kier molecular flexibility index (Phi) is 3.93. The zero-order valence-electron chi connectivity index (χ0n) is 12.0. The lowest BCUT2D eigenvalue weighted by atomic mass is 9.96. The molecule has 0 atom stereocenters. The van der Waals surface area contributed by atoms with Gasteiger partial charge in [0.25, 0.3) is 0 Å². The molecule has 23 heavy (non-hydrogen) atoms. The molecule has 0 radical (unpaired) electrons. The third-order valence-electron chi connectivity index (χ3n) is 4.13. The van der Waals surface area contributed by atoms with Crippen LogP contribution in [-0.2, 0) is 15.4 Å². The Balaban J connectivity index is 1.82. The molecule has 0 saturated heterocycles. The van der Waals surface area contributed by atoms with Crippen LogP contribution in [0.15, 0.2) is 47.4 Å². The molecule has 0 bridgehead atoms. The van der Waals surface area contributed by atoms with Crippen molar-refractivity contribution >= 4 is 10.0 Å². The predicted octanol–water partition coefficient (Wildman–Crippen LogP) is 3.11. The maximum Gasteiger partial charge on any atom is 0.243 e. The Hall–Kier alpha value is -1.86. The van der Waals surface area contributed by atoms with E-state index in [0.717, 1.165) is 24.5 Å². The van der Waals surface area contributed by atoms with Gasteiger partial charge in [0.15, 0.2) is 17.5 Å². The van der Waals surface area contributed by atoms with E-state index in [1.807, 2.05) is 30.3 Å². The molecule has 0 unspecified atom stereocenters. The summed E-state index contributed by atoms with van der Waals surface area (Å²) in [5.41, 5.74) is 0.678. The van der Waals surface area contributed by atoms with Crippen molar-refractivity contribution in [3.8, 4) is 0 Å². The minimum atomic E-state index is -4.26. The Morgan fingerprint density at radius 2 is 1.61 bits per heavy atom. The fraction of sp³-hybridized carbons (Fsp3) is 0.250. The summed E-state index contributed by atoms with van der Waals surface area (Å²) in [5.74, 6) is -4.93. The van der Waals surface area contributed by atoms with E-state index >= 15 is 0 Å². The molecule has 2 aromatic carbocycles. The highest BCUT2D eigenvalue weighted by atomic mass is 32.2. The number of rotatable bonds is 5. The molecule has 1 aliphatic rings. The van der Waals surface area contributed by atoms with Crippen LogP contribution in [0.3, 0.4) is 0 Å². The molecule has 0 aromatic heterocycles. The van der Waals surface area contributed by atoms with Crippen LogP contribution in [0.5, 0.6) is 0 Å². The number of benzene rings is 2. The monoisotopic (exact) mass is 341 g/mol. The summed E-state index contributed by atoms with van der Waals surface area (Å²) in [7, 11) is -4.26. The Morgan fingerprint density at radius 1 is 0.957 bits per heavy atom. The van der Waals surface area contributed by atoms with Gasteiger partial charge in [-0.1, -0.05) is 30.3 Å². The highest BCUT2D eigenvalue weighted by Crippen LogP contribution is 2.47. The van der Waals surface area contributed by atoms with Crippen LogP contribution in [0, 0.1) is 17.5 Å². The zero-order valence-corrected chi connectivity index (χ0v) is 12.8. The molecule has 1 N–H and O–H groups in total. The van der Waals surface area contributed by atoms with Crippen molar-refractivity contribution in [3.05, 3.63) is 65.5 Å². The van der Waals surface area contributed by atoms with E-state index < -0.39 is 32.4 Å². The van der Waals surface area contributed by atoms with Gasteiger partial charge in [-0.3, -0.25) is 0 Å². The molecule has 0 aliphatic heterocycles. The van der Waals surface area contributed by atoms with E-state index in [1.165, 1.54) is 0 Å². The lowest BCUT2D eigenvalue weighted by Gasteiger charge is -2.17. The van der Waals surface area contributed by atoms with Crippen molar-refractivity contribution in [1.82, 2.24) is 4.72 Å². The Bertz CT molecular complexity index is 834. The van der Waals surface area contributed by atoms with E-state index in [0.29, 0.717) is 6.07 Å². The van der Waals surface area contributed by atoms with Crippen molar-refractivity contribution in [2.75, 3.05) is 6.54 Å². The van der Waals surface area contributed by atoms with Crippen molar-refractivity contribution in [1.29, 1.82) is 0 Å². The van der Waals surface area contributed by atoms with Crippen LogP contribution in [0.25, 0.3) is 0 Å². The van der Waals surface area contributed by atoms with Gasteiger partial charge >= 0.3 is 0 Å². The lowest BCUT2D eigenvalue weighted by Crippen LogP contribution is -2.33. The van der Waals surface area contributed by atoms with Gasteiger partial charge < -0.3 is 0 Å². The summed E-state index contributed by atoms with van der Waals surface area (Å²) in [6, 6.07) is 10.7. The molecule has 7 heteroatoms. The highest BCUT2D eigenvalue weighted by molar-refractivity contribution is 7.89. The first kappa shape index (κ1) is 16.0. The molecule has 3 nitrogen and oxygen atoms in total. The first-order chi connectivity index (χ1) is 10.9. The number of halogens is 3. The second-order valence-corrected chi connectivity index (χ2v) is 7.38. The molecule has 3 rings (SSSR count). The summed E-state index contributed by atoms with van der Waals surface area (Å²) in [6.07, 6.45) is 1.61. The van der Waals surface area contributed by atoms with Crippen molar-refractivity contribution in [2.24, 2.45) is 0 Å². The summed E-state index contributed by atoms with van der Waals surface area (Å²) in [5, 5.41) is 0. The van der Waals surface area contributed by atoms with Gasteiger partial charge in [0.1, 0.15) is 4.90 Å². The second-order valence-electron chi connectivity index (χ2n) is 5.64. The van der Waals surface area contributed by atoms with Crippen LogP contribution in [0.2, 0.25) is 0 Å². The van der Waals surface area contributed by atoms with Crippen molar-refractivity contribution in [3.63, 3.8) is 0 Å². The molecule has 122 valence electrons. The standard InChI is InChI=1S/C16H14F3NO2S/c17-12-6-7-13(15(19)14(12)18)23(21,22)20-10-16(8-9-16)11-4-2-1-3-5-11/h1-7,20H,8-10H2. The largest absolute Gasteiger partial charge is 0.243 e. The average Bonchev–Trinajstić information content (AvgIpc) is 3.33. The lowest BCUT2D eigenvalue weighted by molar-refractivity contribution is 0.431. The Labute approximate surface area is 132 Å². The SMILES string of the molecule is O=S(=O)(NCC1(c2ccccc2)CC1)c1ccc(F)c(F)c1F. The quantitative estimate of drug-likeness (QED) is 0.850. The van der Waals surface area contributed by atoms with E-state index in [4.69, 9.17) is 0 Å². The average molecular weight is 341 g/mol. The summed E-state index contributed by atoms with van der Waals surface area (Å²) >= 11 is 0. The van der Waals surface area contributed by atoms with E-state index in [2.05, 4.69) is 4.72 Å². The number of sulfonamides is 1. The molecular formula is C16H14F3NO2S. The van der Waals surface area contributed by atoms with Gasteiger partial charge in [-0.25, -0.2) is 26.3 Å². The minimum absolute atomic E-state index is 0.0811. The van der Waals surface area contributed by atoms with E-state index in [-0.39, 0.29) is 12.0 Å². The van der Waals surface area contributed by atoms with Crippen LogP contribution >= 0.6 is 0 Å². The van der Waals surface area contributed by atoms with Gasteiger partial charge in [-0.05, 0) is 30.5 Å². The van der Waals surface area contributed by atoms with Gasteiger partial charge in [0.2, 0.25) is 10.0 Å². The predicted molar refractivity (Wildman–Crippen MR) is 78.9 cm³/mol. The molecule has 0 heterocycles. The molecule has 1 aliphatic carbocycles. The van der Waals surface area contributed by atoms with E-state index in [1.54, 1.807) is 0 Å². The smallest absolute Gasteiger partial charge is 0.210 e. The molecule has 2 aromatic rings. The van der Waals surface area contributed by atoms with Crippen LogP contribution < -0.4 is 4.72 Å². The van der Waals surface area contributed by atoms with Gasteiger partial charge in [-0.15, -0.1) is 0 Å². The van der Waals surface area contributed by atoms with Gasteiger partial charge in [0.05, 0.1) is 0 Å². The number of hydrogen-bond acceptors (Lipinski definition) is 2. The summed E-state index contributed by atoms with van der Waals surface area (Å²) in [4.78, 5) is -0.889. The molecule has 0 spiro atoms. The Morgan fingerprint density at radius 3 is 2.22 bits per heavy atom. The van der Waals surface area contributed by atoms with Crippen LogP contribution in [0.1, 0.15) is 18.4 Å². The van der Waals surface area contributed by atoms with Crippen LogP contribution in [-0.4, -0.2) is 15.0 Å². The molecular weight excluding hydrogens is 327 g/mol. The normalized spacial score (nSPS) is 16.3. The van der Waals surface area contributed by atoms with Gasteiger partial charge in [0, 0.05) is 12.0 Å². The third kappa shape index (κ3) is 2.98.